The van der Waals surface area contributed by atoms with E-state index in [1.807, 2.05) is 23.5 Å². The molecule has 3 nitrogen and oxygen atoms in total. The van der Waals surface area contributed by atoms with Crippen LogP contribution in [0.4, 0.5) is 0 Å². The van der Waals surface area contributed by atoms with E-state index in [1.165, 1.54) is 47.5 Å². The van der Waals surface area contributed by atoms with Crippen molar-refractivity contribution in [3.05, 3.63) is 176 Å². The Morgan fingerprint density at radius 1 is 0.294 bits per heavy atom. The second-order valence-corrected chi connectivity index (χ2v) is 13.9. The summed E-state index contributed by atoms with van der Waals surface area (Å²) in [5, 5.41) is 7.56. The standard InChI is InChI=1S/C47H29N3S/c1-3-9-30(10-4-1)32-15-20-35(21-16-32)45-48-46(36-22-17-33(18-23-36)31-11-5-2-6-12-31)50-47(49-45)38-25-27-39-37(29-38)24-19-34-26-28-42-44(43(34)39)40-13-7-8-14-41(40)51-42/h1-29H. The van der Waals surface area contributed by atoms with Gasteiger partial charge in [0.05, 0.1) is 0 Å². The lowest BCUT2D eigenvalue weighted by Crippen LogP contribution is -2.00. The van der Waals surface area contributed by atoms with Crippen LogP contribution in [0.25, 0.3) is 98.1 Å². The van der Waals surface area contributed by atoms with E-state index in [2.05, 4.69) is 164 Å². The van der Waals surface area contributed by atoms with Gasteiger partial charge in [-0.3, -0.25) is 0 Å². The number of rotatable bonds is 5. The van der Waals surface area contributed by atoms with E-state index >= 15 is 0 Å². The number of nitrogens with zero attached hydrogens (tertiary/aromatic N) is 3. The molecule has 0 bridgehead atoms. The molecule has 0 unspecified atom stereocenters. The van der Waals surface area contributed by atoms with Crippen molar-refractivity contribution in [1.82, 2.24) is 15.0 Å². The Morgan fingerprint density at radius 3 is 1.39 bits per heavy atom. The Morgan fingerprint density at radius 2 is 0.765 bits per heavy atom. The molecule has 2 heterocycles. The Bertz CT molecular complexity index is 2780. The summed E-state index contributed by atoms with van der Waals surface area (Å²) in [6, 6.07) is 62.1. The van der Waals surface area contributed by atoms with Crippen LogP contribution >= 0.6 is 11.3 Å². The number of thiophene rings is 1. The molecule has 8 aromatic carbocycles. The van der Waals surface area contributed by atoms with Gasteiger partial charge in [0, 0.05) is 36.9 Å². The zero-order chi connectivity index (χ0) is 33.7. The van der Waals surface area contributed by atoms with Gasteiger partial charge < -0.3 is 0 Å². The number of aromatic nitrogens is 3. The molecule has 0 saturated carbocycles. The summed E-state index contributed by atoms with van der Waals surface area (Å²) in [5.41, 5.74) is 7.50. The zero-order valence-corrected chi connectivity index (χ0v) is 28.3. The van der Waals surface area contributed by atoms with Gasteiger partial charge in [-0.1, -0.05) is 158 Å². The molecule has 0 aliphatic rings. The van der Waals surface area contributed by atoms with E-state index in [-0.39, 0.29) is 0 Å². The van der Waals surface area contributed by atoms with Gasteiger partial charge in [-0.15, -0.1) is 11.3 Å². The monoisotopic (exact) mass is 667 g/mol. The SMILES string of the molecule is c1ccc(-c2ccc(-c3nc(-c4ccc(-c5ccccc5)cc4)nc(-c4ccc5c(ccc6ccc7sc8ccccc8c7c65)c4)n3)cc2)cc1. The Labute approximate surface area is 299 Å². The van der Waals surface area contributed by atoms with Gasteiger partial charge in [-0.25, -0.2) is 15.0 Å². The Balaban J connectivity index is 1.12. The van der Waals surface area contributed by atoms with Gasteiger partial charge in [-0.2, -0.15) is 0 Å². The molecular weight excluding hydrogens is 639 g/mol. The Kier molecular flexibility index (Phi) is 7.00. The summed E-state index contributed by atoms with van der Waals surface area (Å²) < 4.78 is 2.62. The van der Waals surface area contributed by atoms with Crippen LogP contribution in [0.15, 0.2) is 176 Å². The molecule has 2 aromatic heterocycles. The van der Waals surface area contributed by atoms with E-state index in [9.17, 15) is 0 Å². The minimum atomic E-state index is 0.645. The van der Waals surface area contributed by atoms with Crippen LogP contribution in [-0.4, -0.2) is 15.0 Å². The van der Waals surface area contributed by atoms with Crippen molar-refractivity contribution in [2.45, 2.75) is 0 Å². The van der Waals surface area contributed by atoms with Crippen molar-refractivity contribution in [3.63, 3.8) is 0 Å². The molecule has 10 aromatic rings. The summed E-state index contributed by atoms with van der Waals surface area (Å²) in [5.74, 6) is 1.94. The highest BCUT2D eigenvalue weighted by Crippen LogP contribution is 2.41. The average molecular weight is 668 g/mol. The number of hydrogen-bond acceptors (Lipinski definition) is 4. The average Bonchev–Trinajstić information content (AvgIpc) is 3.60. The highest BCUT2D eigenvalue weighted by atomic mass is 32.1. The minimum Gasteiger partial charge on any atom is -0.208 e. The molecule has 51 heavy (non-hydrogen) atoms. The topological polar surface area (TPSA) is 38.7 Å². The fourth-order valence-electron chi connectivity index (χ4n) is 7.16. The number of fused-ring (bicyclic) bond motifs is 7. The summed E-state index contributed by atoms with van der Waals surface area (Å²) in [6.45, 7) is 0. The first-order valence-corrected chi connectivity index (χ1v) is 17.9. The summed E-state index contributed by atoms with van der Waals surface area (Å²) >= 11 is 1.86. The third-order valence-electron chi connectivity index (χ3n) is 9.73. The normalized spacial score (nSPS) is 11.5. The largest absolute Gasteiger partial charge is 0.208 e. The second-order valence-electron chi connectivity index (χ2n) is 12.8. The quantitative estimate of drug-likeness (QED) is 0.171. The first kappa shape index (κ1) is 29.4. The maximum Gasteiger partial charge on any atom is 0.164 e. The van der Waals surface area contributed by atoms with Crippen molar-refractivity contribution in [1.29, 1.82) is 0 Å². The number of benzene rings is 8. The van der Waals surface area contributed by atoms with Gasteiger partial charge in [0.1, 0.15) is 0 Å². The molecule has 10 rings (SSSR count). The molecule has 238 valence electrons. The van der Waals surface area contributed by atoms with E-state index in [0.717, 1.165) is 33.2 Å². The second kappa shape index (κ2) is 12.1. The predicted molar refractivity (Wildman–Crippen MR) is 215 cm³/mol. The summed E-state index contributed by atoms with van der Waals surface area (Å²) in [6.07, 6.45) is 0. The van der Waals surface area contributed by atoms with Crippen molar-refractivity contribution in [3.8, 4) is 56.4 Å². The lowest BCUT2D eigenvalue weighted by atomic mass is 9.96. The molecular formula is C47H29N3S. The fraction of sp³-hybridized carbons (Fsp3) is 0. The van der Waals surface area contributed by atoms with Gasteiger partial charge in [0.25, 0.3) is 0 Å². The smallest absolute Gasteiger partial charge is 0.164 e. The minimum absolute atomic E-state index is 0.645. The molecule has 0 N–H and O–H groups in total. The van der Waals surface area contributed by atoms with Gasteiger partial charge in [0.15, 0.2) is 17.5 Å². The highest BCUT2D eigenvalue weighted by molar-refractivity contribution is 7.26. The van der Waals surface area contributed by atoms with Crippen LogP contribution in [0.1, 0.15) is 0 Å². The molecule has 0 aliphatic heterocycles. The van der Waals surface area contributed by atoms with Crippen LogP contribution in [0.2, 0.25) is 0 Å². The first-order chi connectivity index (χ1) is 25.2. The van der Waals surface area contributed by atoms with Gasteiger partial charge >= 0.3 is 0 Å². The van der Waals surface area contributed by atoms with E-state index in [4.69, 9.17) is 15.0 Å². The van der Waals surface area contributed by atoms with Crippen molar-refractivity contribution in [2.24, 2.45) is 0 Å². The number of hydrogen-bond donors (Lipinski definition) is 0. The van der Waals surface area contributed by atoms with Crippen molar-refractivity contribution >= 4 is 53.1 Å². The molecule has 0 radical (unpaired) electrons. The van der Waals surface area contributed by atoms with Crippen LogP contribution in [0.3, 0.4) is 0 Å². The van der Waals surface area contributed by atoms with Gasteiger partial charge in [0.2, 0.25) is 0 Å². The van der Waals surface area contributed by atoms with E-state index in [0.29, 0.717) is 17.5 Å². The fourth-order valence-corrected chi connectivity index (χ4v) is 8.27. The third kappa shape index (κ3) is 5.25. The maximum absolute atomic E-state index is 5.10. The van der Waals surface area contributed by atoms with Crippen LogP contribution in [0.5, 0.6) is 0 Å². The molecule has 0 amide bonds. The molecule has 0 aliphatic carbocycles. The Hall–Kier alpha value is -6.49. The van der Waals surface area contributed by atoms with Crippen molar-refractivity contribution in [2.75, 3.05) is 0 Å². The van der Waals surface area contributed by atoms with E-state index in [1.54, 1.807) is 0 Å². The summed E-state index contributed by atoms with van der Waals surface area (Å²) in [7, 11) is 0. The molecule has 4 heteroatoms. The van der Waals surface area contributed by atoms with Crippen molar-refractivity contribution < 1.29 is 0 Å². The van der Waals surface area contributed by atoms with Crippen LogP contribution in [-0.2, 0) is 0 Å². The van der Waals surface area contributed by atoms with E-state index < -0.39 is 0 Å². The molecule has 0 fully saturated rings. The highest BCUT2D eigenvalue weighted by Gasteiger charge is 2.16. The molecule has 0 atom stereocenters. The summed E-state index contributed by atoms with van der Waals surface area (Å²) in [4.78, 5) is 15.2. The van der Waals surface area contributed by atoms with Crippen LogP contribution < -0.4 is 0 Å². The van der Waals surface area contributed by atoms with Gasteiger partial charge in [-0.05, 0) is 62.0 Å². The first-order valence-electron chi connectivity index (χ1n) is 17.1. The molecule has 0 spiro atoms. The maximum atomic E-state index is 5.10. The zero-order valence-electron chi connectivity index (χ0n) is 27.5. The predicted octanol–water partition coefficient (Wildman–Crippen LogP) is 12.9. The molecule has 0 saturated heterocycles. The third-order valence-corrected chi connectivity index (χ3v) is 10.9. The lowest BCUT2D eigenvalue weighted by Gasteiger charge is -2.11. The lowest BCUT2D eigenvalue weighted by molar-refractivity contribution is 1.07. The van der Waals surface area contributed by atoms with Crippen LogP contribution in [0, 0.1) is 0 Å².